The lowest BCUT2D eigenvalue weighted by Gasteiger charge is -1.91. The minimum Gasteiger partial charge on any atom is -0.319 e. The van der Waals surface area contributed by atoms with E-state index < -0.39 is 0 Å². The van der Waals surface area contributed by atoms with Gasteiger partial charge in [0.25, 0.3) is 5.56 Å². The number of nitrogens with zero attached hydrogens (tertiary/aromatic N) is 1. The molecule has 0 saturated heterocycles. The molecule has 1 rings (SSSR count). The van der Waals surface area contributed by atoms with Gasteiger partial charge < -0.3 is 4.98 Å². The zero-order chi connectivity index (χ0) is 13.1. The van der Waals surface area contributed by atoms with Crippen LogP contribution in [0, 0.1) is 0 Å². The molecular weight excluding hydrogens is 200 g/mol. The molecule has 3 nitrogen and oxygen atoms in total. The van der Waals surface area contributed by atoms with E-state index in [-0.39, 0.29) is 5.56 Å². The molecule has 0 fully saturated rings. The van der Waals surface area contributed by atoms with Crippen LogP contribution in [0.1, 0.15) is 48.5 Å². The first kappa shape index (κ1) is 17.0. The topological polar surface area (TPSA) is 45.8 Å². The van der Waals surface area contributed by atoms with Crippen LogP contribution in [0.15, 0.2) is 11.0 Å². The lowest BCUT2D eigenvalue weighted by atomic mass is 10.3. The van der Waals surface area contributed by atoms with Crippen molar-refractivity contribution >= 4 is 11.6 Å². The molecule has 0 aromatic carbocycles. The van der Waals surface area contributed by atoms with E-state index in [9.17, 15) is 4.79 Å². The van der Waals surface area contributed by atoms with E-state index in [2.05, 4.69) is 9.97 Å². The van der Waals surface area contributed by atoms with Gasteiger partial charge in [-0.25, -0.2) is 4.98 Å². The van der Waals surface area contributed by atoms with Gasteiger partial charge in [-0.2, -0.15) is 0 Å². The Morgan fingerprint density at radius 3 is 2.12 bits per heavy atom. The fraction of sp³-hybridized carbons (Fsp3) is 0.538. The molecule has 1 N–H and O–H groups in total. The van der Waals surface area contributed by atoms with E-state index in [1.54, 1.807) is 0 Å². The Kier molecular flexibility index (Phi) is 10.8. The Balaban J connectivity index is 0. The molecule has 0 saturated carbocycles. The Morgan fingerprint density at radius 2 is 1.75 bits per heavy atom. The van der Waals surface area contributed by atoms with E-state index in [1.165, 1.54) is 6.20 Å². The van der Waals surface area contributed by atoms with E-state index in [4.69, 9.17) is 0 Å². The van der Waals surface area contributed by atoms with Gasteiger partial charge in [0.15, 0.2) is 0 Å². The maximum atomic E-state index is 10.9. The monoisotopic (exact) mass is 224 g/mol. The summed E-state index contributed by atoms with van der Waals surface area (Å²) in [5.41, 5.74) is 0.908. The summed E-state index contributed by atoms with van der Waals surface area (Å²) in [6, 6.07) is 0. The summed E-state index contributed by atoms with van der Waals surface area (Å²) in [4.78, 5) is 17.7. The SMILES string of the molecule is C/C=c1/ncc(=O)[nH]c1=C(C)C.CC.CC. The lowest BCUT2D eigenvalue weighted by molar-refractivity contribution is 1.04. The molecule has 3 heteroatoms. The van der Waals surface area contributed by atoms with Crippen molar-refractivity contribution in [3.63, 3.8) is 0 Å². The van der Waals surface area contributed by atoms with Crippen molar-refractivity contribution in [2.75, 3.05) is 0 Å². The zero-order valence-corrected chi connectivity index (χ0v) is 11.5. The first-order valence-electron chi connectivity index (χ1n) is 5.84. The van der Waals surface area contributed by atoms with Crippen LogP contribution in [0.3, 0.4) is 0 Å². The molecule has 0 unspecified atom stereocenters. The number of rotatable bonds is 0. The Hall–Kier alpha value is -1.38. The molecule has 1 aromatic heterocycles. The summed E-state index contributed by atoms with van der Waals surface area (Å²) in [6.45, 7) is 13.8. The van der Waals surface area contributed by atoms with E-state index in [0.29, 0.717) is 0 Å². The van der Waals surface area contributed by atoms with Crippen LogP contribution in [0.5, 0.6) is 0 Å². The van der Waals surface area contributed by atoms with Crippen LogP contribution < -0.4 is 16.3 Å². The number of aromatic nitrogens is 2. The fourth-order valence-corrected chi connectivity index (χ4v) is 1.01. The Labute approximate surface area is 97.9 Å². The van der Waals surface area contributed by atoms with Gasteiger partial charge in [0, 0.05) is 0 Å². The van der Waals surface area contributed by atoms with E-state index in [1.807, 2.05) is 54.5 Å². The fourth-order valence-electron chi connectivity index (χ4n) is 1.01. The Morgan fingerprint density at radius 1 is 1.25 bits per heavy atom. The van der Waals surface area contributed by atoms with Gasteiger partial charge in [0.1, 0.15) is 0 Å². The molecule has 0 radical (unpaired) electrons. The highest BCUT2D eigenvalue weighted by Crippen LogP contribution is 1.78. The largest absolute Gasteiger partial charge is 0.319 e. The summed E-state index contributed by atoms with van der Waals surface area (Å²) in [6.07, 6.45) is 3.17. The van der Waals surface area contributed by atoms with Gasteiger partial charge >= 0.3 is 0 Å². The lowest BCUT2D eigenvalue weighted by Crippen LogP contribution is -2.37. The third-order valence-electron chi connectivity index (χ3n) is 1.60. The predicted octanol–water partition coefficient (Wildman–Crippen LogP) is 1.81. The van der Waals surface area contributed by atoms with Crippen LogP contribution in [-0.4, -0.2) is 9.97 Å². The minimum absolute atomic E-state index is 0.156. The summed E-state index contributed by atoms with van der Waals surface area (Å²) in [5, 5.41) is 1.65. The summed E-state index contributed by atoms with van der Waals surface area (Å²) < 4.78 is 0. The molecule has 0 amide bonds. The second kappa shape index (κ2) is 10.1. The summed E-state index contributed by atoms with van der Waals surface area (Å²) in [7, 11) is 0. The quantitative estimate of drug-likeness (QED) is 0.730. The number of hydrogen-bond acceptors (Lipinski definition) is 2. The smallest absolute Gasteiger partial charge is 0.266 e. The molecule has 0 spiro atoms. The molecule has 0 atom stereocenters. The van der Waals surface area contributed by atoms with E-state index in [0.717, 1.165) is 16.3 Å². The number of nitrogens with one attached hydrogen (secondary N) is 1. The second-order valence-corrected chi connectivity index (χ2v) is 2.80. The standard InChI is InChI=1S/C9H12N2O.2C2H6/c1-4-7-9(6(2)3)11-8(12)5-10-7;2*1-2/h4-5H,1-3H3,(H,11,12);2*1-2H3/b7-4+;;. The van der Waals surface area contributed by atoms with Gasteiger partial charge in [0.05, 0.1) is 16.9 Å². The zero-order valence-electron chi connectivity index (χ0n) is 11.5. The maximum absolute atomic E-state index is 10.9. The van der Waals surface area contributed by atoms with Crippen LogP contribution in [0.2, 0.25) is 0 Å². The van der Waals surface area contributed by atoms with Gasteiger partial charge in [-0.15, -0.1) is 0 Å². The number of aromatic amines is 1. The highest BCUT2D eigenvalue weighted by molar-refractivity contribution is 5.36. The first-order valence-corrected chi connectivity index (χ1v) is 5.84. The number of hydrogen-bond donors (Lipinski definition) is 1. The van der Waals surface area contributed by atoms with Gasteiger partial charge in [0.2, 0.25) is 0 Å². The van der Waals surface area contributed by atoms with Crippen LogP contribution in [0.25, 0.3) is 11.6 Å². The van der Waals surface area contributed by atoms with Gasteiger partial charge in [-0.3, -0.25) is 4.79 Å². The molecule has 16 heavy (non-hydrogen) atoms. The second-order valence-electron chi connectivity index (χ2n) is 2.80. The van der Waals surface area contributed by atoms with Crippen molar-refractivity contribution in [2.24, 2.45) is 0 Å². The van der Waals surface area contributed by atoms with Crippen molar-refractivity contribution < 1.29 is 0 Å². The highest BCUT2D eigenvalue weighted by atomic mass is 16.1. The molecule has 0 aliphatic heterocycles. The van der Waals surface area contributed by atoms with E-state index >= 15 is 0 Å². The molecule has 1 aromatic rings. The third kappa shape index (κ3) is 5.49. The maximum Gasteiger partial charge on any atom is 0.266 e. The van der Waals surface area contributed by atoms with Crippen molar-refractivity contribution in [3.8, 4) is 0 Å². The van der Waals surface area contributed by atoms with Crippen LogP contribution in [0.4, 0.5) is 0 Å². The van der Waals surface area contributed by atoms with Crippen LogP contribution in [-0.2, 0) is 0 Å². The molecule has 1 heterocycles. The van der Waals surface area contributed by atoms with Gasteiger partial charge in [-0.05, 0) is 20.8 Å². The predicted molar refractivity (Wildman–Crippen MR) is 71.7 cm³/mol. The van der Waals surface area contributed by atoms with Gasteiger partial charge in [-0.1, -0.05) is 39.3 Å². The molecule has 0 aliphatic rings. The molecular formula is C13H24N2O. The summed E-state index contributed by atoms with van der Waals surface area (Å²) >= 11 is 0. The highest BCUT2D eigenvalue weighted by Gasteiger charge is 1.89. The van der Waals surface area contributed by atoms with Crippen LogP contribution >= 0.6 is 0 Å². The molecule has 92 valence electrons. The van der Waals surface area contributed by atoms with Crippen molar-refractivity contribution in [1.82, 2.24) is 9.97 Å². The summed E-state index contributed by atoms with van der Waals surface area (Å²) in [5.74, 6) is 0. The normalized spacial score (nSPS) is 9.56. The molecule has 0 aliphatic carbocycles. The van der Waals surface area contributed by atoms with Crippen molar-refractivity contribution in [2.45, 2.75) is 48.5 Å². The van der Waals surface area contributed by atoms with Crippen molar-refractivity contribution in [3.05, 3.63) is 27.2 Å². The minimum atomic E-state index is -0.156. The number of H-pyrrole nitrogens is 1. The average Bonchev–Trinajstić information content (AvgIpc) is 2.34. The first-order chi connectivity index (χ1) is 7.65. The molecule has 0 bridgehead atoms. The average molecular weight is 224 g/mol. The Bertz CT molecular complexity index is 440. The van der Waals surface area contributed by atoms with Crippen molar-refractivity contribution in [1.29, 1.82) is 0 Å². The third-order valence-corrected chi connectivity index (χ3v) is 1.60.